The van der Waals surface area contributed by atoms with Crippen LogP contribution in [0.15, 0.2) is 48.8 Å². The third-order valence-electron chi connectivity index (χ3n) is 4.82. The van der Waals surface area contributed by atoms with E-state index in [9.17, 15) is 9.59 Å². The molecular formula is C21H26N4O3. The van der Waals surface area contributed by atoms with Gasteiger partial charge in [0.05, 0.1) is 6.61 Å². The highest BCUT2D eigenvalue weighted by atomic mass is 16.5. The number of hydrogen-bond donors (Lipinski definition) is 2. The molecule has 0 saturated carbocycles. The summed E-state index contributed by atoms with van der Waals surface area (Å²) in [5.74, 6) is -0.160. The van der Waals surface area contributed by atoms with Crippen LogP contribution >= 0.6 is 0 Å². The molecule has 3 rings (SSSR count). The van der Waals surface area contributed by atoms with Crippen LogP contribution in [-0.4, -0.2) is 43.0 Å². The molecule has 0 aliphatic carbocycles. The van der Waals surface area contributed by atoms with Crippen molar-refractivity contribution in [2.45, 2.75) is 19.8 Å². The van der Waals surface area contributed by atoms with Gasteiger partial charge in [-0.15, -0.1) is 0 Å². The van der Waals surface area contributed by atoms with E-state index in [1.165, 1.54) is 5.69 Å². The maximum absolute atomic E-state index is 12.1. The number of benzene rings is 1. The van der Waals surface area contributed by atoms with E-state index in [0.29, 0.717) is 24.8 Å². The zero-order valence-corrected chi connectivity index (χ0v) is 16.1. The summed E-state index contributed by atoms with van der Waals surface area (Å²) in [6.45, 7) is 4.87. The summed E-state index contributed by atoms with van der Waals surface area (Å²) in [4.78, 5) is 30.5. The van der Waals surface area contributed by atoms with Crippen molar-refractivity contribution < 1.29 is 14.3 Å². The van der Waals surface area contributed by atoms with Gasteiger partial charge in [-0.25, -0.2) is 0 Å². The fourth-order valence-corrected chi connectivity index (χ4v) is 3.26. The molecular weight excluding hydrogens is 356 g/mol. The monoisotopic (exact) mass is 382 g/mol. The number of hydrogen-bond acceptors (Lipinski definition) is 5. The first-order chi connectivity index (χ1) is 13.7. The van der Waals surface area contributed by atoms with Crippen LogP contribution in [0.5, 0.6) is 5.75 Å². The fourth-order valence-electron chi connectivity index (χ4n) is 3.26. The van der Waals surface area contributed by atoms with Gasteiger partial charge in [0, 0.05) is 43.4 Å². The van der Waals surface area contributed by atoms with E-state index in [-0.39, 0.29) is 0 Å². The number of pyridine rings is 1. The number of rotatable bonds is 6. The number of piperidine rings is 1. The summed E-state index contributed by atoms with van der Waals surface area (Å²) in [5.41, 5.74) is 1.74. The van der Waals surface area contributed by atoms with E-state index >= 15 is 0 Å². The first-order valence-corrected chi connectivity index (χ1v) is 9.62. The SMILES string of the molecule is CCOc1ccc(NC(=O)C(=O)NCC2CCN(c3ccncc3)CC2)cc1. The lowest BCUT2D eigenvalue weighted by atomic mass is 9.96. The minimum atomic E-state index is -0.654. The Morgan fingerprint density at radius 3 is 2.39 bits per heavy atom. The normalized spacial score (nSPS) is 14.4. The van der Waals surface area contributed by atoms with Crippen molar-refractivity contribution in [1.29, 1.82) is 0 Å². The summed E-state index contributed by atoms with van der Waals surface area (Å²) >= 11 is 0. The minimum Gasteiger partial charge on any atom is -0.494 e. The van der Waals surface area contributed by atoms with E-state index in [1.54, 1.807) is 36.7 Å². The molecule has 1 aromatic carbocycles. The largest absolute Gasteiger partial charge is 0.494 e. The molecule has 1 saturated heterocycles. The molecule has 1 aromatic heterocycles. The Morgan fingerprint density at radius 1 is 1.07 bits per heavy atom. The summed E-state index contributed by atoms with van der Waals surface area (Å²) < 4.78 is 5.36. The second kappa shape index (κ2) is 9.73. The third kappa shape index (κ3) is 5.45. The number of nitrogens with one attached hydrogen (secondary N) is 2. The first kappa shape index (κ1) is 19.7. The van der Waals surface area contributed by atoms with Crippen molar-refractivity contribution in [3.8, 4) is 5.75 Å². The Bertz CT molecular complexity index is 772. The minimum absolute atomic E-state index is 0.375. The molecule has 1 aliphatic heterocycles. The van der Waals surface area contributed by atoms with Gasteiger partial charge in [0.15, 0.2) is 0 Å². The number of aromatic nitrogens is 1. The van der Waals surface area contributed by atoms with Crippen LogP contribution in [0.1, 0.15) is 19.8 Å². The fraction of sp³-hybridized carbons (Fsp3) is 0.381. The van der Waals surface area contributed by atoms with E-state index < -0.39 is 11.8 Å². The van der Waals surface area contributed by atoms with E-state index in [1.807, 2.05) is 19.1 Å². The predicted octanol–water partition coefficient (Wildman–Crippen LogP) is 2.45. The number of ether oxygens (including phenoxy) is 1. The number of carbonyl (C=O) groups excluding carboxylic acids is 2. The number of carbonyl (C=O) groups is 2. The van der Waals surface area contributed by atoms with Gasteiger partial charge in [-0.05, 0) is 62.1 Å². The maximum Gasteiger partial charge on any atom is 0.313 e. The molecule has 1 aliphatic rings. The quantitative estimate of drug-likeness (QED) is 0.750. The molecule has 2 N–H and O–H groups in total. The molecule has 0 spiro atoms. The first-order valence-electron chi connectivity index (χ1n) is 9.62. The van der Waals surface area contributed by atoms with Crippen LogP contribution in [0.4, 0.5) is 11.4 Å². The lowest BCUT2D eigenvalue weighted by Crippen LogP contribution is -2.41. The number of anilines is 2. The van der Waals surface area contributed by atoms with Gasteiger partial charge in [0.2, 0.25) is 0 Å². The highest BCUT2D eigenvalue weighted by molar-refractivity contribution is 6.39. The Labute approximate surface area is 165 Å². The Hall–Kier alpha value is -3.09. The van der Waals surface area contributed by atoms with Crippen molar-refractivity contribution in [3.63, 3.8) is 0 Å². The molecule has 0 atom stereocenters. The molecule has 7 heteroatoms. The predicted molar refractivity (Wildman–Crippen MR) is 108 cm³/mol. The molecule has 148 valence electrons. The number of amides is 2. The van der Waals surface area contributed by atoms with Crippen LogP contribution in [0.2, 0.25) is 0 Å². The molecule has 1 fully saturated rings. The Balaban J connectivity index is 1.40. The average Bonchev–Trinajstić information content (AvgIpc) is 2.74. The van der Waals surface area contributed by atoms with Crippen LogP contribution in [0, 0.1) is 5.92 Å². The van der Waals surface area contributed by atoms with Crippen LogP contribution in [0.25, 0.3) is 0 Å². The third-order valence-corrected chi connectivity index (χ3v) is 4.82. The van der Waals surface area contributed by atoms with E-state index in [2.05, 4.69) is 20.5 Å². The van der Waals surface area contributed by atoms with Gasteiger partial charge < -0.3 is 20.3 Å². The summed E-state index contributed by atoms with van der Waals surface area (Å²) in [7, 11) is 0. The lowest BCUT2D eigenvalue weighted by molar-refractivity contribution is -0.136. The van der Waals surface area contributed by atoms with Crippen LogP contribution in [-0.2, 0) is 9.59 Å². The second-order valence-corrected chi connectivity index (χ2v) is 6.76. The van der Waals surface area contributed by atoms with Crippen molar-refractivity contribution in [3.05, 3.63) is 48.8 Å². The smallest absolute Gasteiger partial charge is 0.313 e. The molecule has 0 bridgehead atoms. The summed E-state index contributed by atoms with van der Waals surface area (Å²) in [6, 6.07) is 11.0. The maximum atomic E-state index is 12.1. The Kier molecular flexibility index (Phi) is 6.84. The van der Waals surface area contributed by atoms with E-state index in [4.69, 9.17) is 4.74 Å². The lowest BCUT2D eigenvalue weighted by Gasteiger charge is -2.33. The molecule has 0 unspecified atom stereocenters. The van der Waals surface area contributed by atoms with Crippen LogP contribution < -0.4 is 20.3 Å². The van der Waals surface area contributed by atoms with Gasteiger partial charge in [0.25, 0.3) is 0 Å². The van der Waals surface area contributed by atoms with Gasteiger partial charge >= 0.3 is 11.8 Å². The highest BCUT2D eigenvalue weighted by Crippen LogP contribution is 2.22. The molecule has 0 radical (unpaired) electrons. The zero-order valence-electron chi connectivity index (χ0n) is 16.1. The summed E-state index contributed by atoms with van der Waals surface area (Å²) in [5, 5.41) is 5.36. The van der Waals surface area contributed by atoms with Gasteiger partial charge in [-0.2, -0.15) is 0 Å². The average molecular weight is 382 g/mol. The van der Waals surface area contributed by atoms with Crippen LogP contribution in [0.3, 0.4) is 0 Å². The molecule has 28 heavy (non-hydrogen) atoms. The number of nitrogens with zero attached hydrogens (tertiary/aromatic N) is 2. The van der Waals surface area contributed by atoms with Crippen molar-refractivity contribution in [2.24, 2.45) is 5.92 Å². The van der Waals surface area contributed by atoms with Gasteiger partial charge in [0.1, 0.15) is 5.75 Å². The second-order valence-electron chi connectivity index (χ2n) is 6.76. The van der Waals surface area contributed by atoms with Crippen molar-refractivity contribution in [2.75, 3.05) is 36.5 Å². The van der Waals surface area contributed by atoms with Gasteiger partial charge in [-0.1, -0.05) is 0 Å². The molecule has 2 heterocycles. The highest BCUT2D eigenvalue weighted by Gasteiger charge is 2.21. The summed E-state index contributed by atoms with van der Waals surface area (Å²) in [6.07, 6.45) is 5.54. The molecule has 7 nitrogen and oxygen atoms in total. The molecule has 2 aromatic rings. The Morgan fingerprint density at radius 2 is 1.75 bits per heavy atom. The van der Waals surface area contributed by atoms with E-state index in [0.717, 1.165) is 31.7 Å². The standard InChI is InChI=1S/C21H26N4O3/c1-2-28-19-5-3-17(4-6-19)24-21(27)20(26)23-15-16-9-13-25(14-10-16)18-7-11-22-12-8-18/h3-8,11-12,16H,2,9-10,13-15H2,1H3,(H,23,26)(H,24,27). The van der Waals surface area contributed by atoms with Crippen molar-refractivity contribution >= 4 is 23.2 Å². The van der Waals surface area contributed by atoms with Gasteiger partial charge in [-0.3, -0.25) is 14.6 Å². The van der Waals surface area contributed by atoms with Crippen molar-refractivity contribution in [1.82, 2.24) is 10.3 Å². The topological polar surface area (TPSA) is 83.6 Å². The zero-order chi connectivity index (χ0) is 19.8. The molecule has 2 amide bonds.